The van der Waals surface area contributed by atoms with Gasteiger partial charge in [-0.1, -0.05) is 0 Å². The number of carbonyl (C=O) groups excluding carboxylic acids is 1. The van der Waals surface area contributed by atoms with Crippen LogP contribution in [-0.2, 0) is 0 Å². The zero-order valence-corrected chi connectivity index (χ0v) is 5.74. The lowest BCUT2D eigenvalue weighted by Crippen LogP contribution is -2.31. The summed E-state index contributed by atoms with van der Waals surface area (Å²) in [5.74, 6) is 4.39. The monoisotopic (exact) mass is 152 g/mol. The van der Waals surface area contributed by atoms with Crippen LogP contribution in [0.5, 0.6) is 0 Å². The molecule has 5 N–H and O–H groups in total. The normalized spacial score (nSPS) is 9.18. The molecule has 0 fully saturated rings. The fraction of sp³-hybridized carbons (Fsp3) is 0. The largest absolute Gasteiger partial charge is 0.397 e. The standard InChI is InChI=1S/C6H8N4O/c7-4-2-1-3-9-5(4)6(11)10-8/h1-3H,7-8H2,(H,10,11). The van der Waals surface area contributed by atoms with Gasteiger partial charge in [-0.15, -0.1) is 0 Å². The number of hydrazine groups is 1. The minimum Gasteiger partial charge on any atom is -0.397 e. The zero-order chi connectivity index (χ0) is 8.27. The summed E-state index contributed by atoms with van der Waals surface area (Å²) in [7, 11) is 0. The minimum absolute atomic E-state index is 0.148. The van der Waals surface area contributed by atoms with Gasteiger partial charge in [0.25, 0.3) is 5.91 Å². The first-order chi connectivity index (χ1) is 5.25. The molecular weight excluding hydrogens is 144 g/mol. The van der Waals surface area contributed by atoms with Crippen LogP contribution in [0, 0.1) is 0 Å². The van der Waals surface area contributed by atoms with Crippen molar-refractivity contribution in [2.24, 2.45) is 5.84 Å². The Morgan fingerprint density at radius 3 is 2.91 bits per heavy atom. The van der Waals surface area contributed by atoms with Gasteiger partial charge in [-0.3, -0.25) is 10.2 Å². The molecule has 0 aliphatic heterocycles. The smallest absolute Gasteiger partial charge is 0.285 e. The highest BCUT2D eigenvalue weighted by molar-refractivity contribution is 5.96. The van der Waals surface area contributed by atoms with E-state index in [1.54, 1.807) is 12.1 Å². The van der Waals surface area contributed by atoms with Crippen molar-refractivity contribution >= 4 is 11.6 Å². The van der Waals surface area contributed by atoms with Gasteiger partial charge in [0, 0.05) is 6.20 Å². The predicted octanol–water partition coefficient (Wildman–Crippen LogP) is -0.733. The van der Waals surface area contributed by atoms with E-state index in [2.05, 4.69) is 4.98 Å². The molecule has 1 amide bonds. The van der Waals surface area contributed by atoms with Gasteiger partial charge in [-0.05, 0) is 12.1 Å². The number of nitrogens with zero attached hydrogens (tertiary/aromatic N) is 1. The number of nitrogen functional groups attached to an aromatic ring is 2. The van der Waals surface area contributed by atoms with Crippen LogP contribution < -0.4 is 17.0 Å². The number of hydrogen-bond donors (Lipinski definition) is 3. The summed E-state index contributed by atoms with van der Waals surface area (Å²) < 4.78 is 0. The highest BCUT2D eigenvalue weighted by atomic mass is 16.2. The fourth-order valence-electron chi connectivity index (χ4n) is 0.676. The Balaban J connectivity index is 3.03. The summed E-state index contributed by atoms with van der Waals surface area (Å²) in [5.41, 5.74) is 7.82. The molecular formula is C6H8N4O. The van der Waals surface area contributed by atoms with Gasteiger partial charge in [0.15, 0.2) is 5.69 Å². The third-order valence-corrected chi connectivity index (χ3v) is 1.19. The summed E-state index contributed by atoms with van der Waals surface area (Å²) in [4.78, 5) is 14.6. The second-order valence-electron chi connectivity index (χ2n) is 1.91. The van der Waals surface area contributed by atoms with Gasteiger partial charge in [-0.25, -0.2) is 10.8 Å². The molecule has 0 saturated carbocycles. The Morgan fingerprint density at radius 2 is 2.36 bits per heavy atom. The maximum Gasteiger partial charge on any atom is 0.285 e. The van der Waals surface area contributed by atoms with Crippen molar-refractivity contribution in [1.29, 1.82) is 0 Å². The van der Waals surface area contributed by atoms with Crippen molar-refractivity contribution in [1.82, 2.24) is 10.4 Å². The van der Waals surface area contributed by atoms with Crippen LogP contribution in [0.4, 0.5) is 5.69 Å². The maximum atomic E-state index is 10.9. The Morgan fingerprint density at radius 1 is 1.64 bits per heavy atom. The summed E-state index contributed by atoms with van der Waals surface area (Å²) in [6, 6.07) is 3.22. The minimum atomic E-state index is -0.483. The van der Waals surface area contributed by atoms with E-state index in [0.717, 1.165) is 0 Å². The highest BCUT2D eigenvalue weighted by Gasteiger charge is 2.07. The second-order valence-corrected chi connectivity index (χ2v) is 1.91. The van der Waals surface area contributed by atoms with Gasteiger partial charge < -0.3 is 5.73 Å². The molecule has 0 radical (unpaired) electrons. The van der Waals surface area contributed by atoms with E-state index < -0.39 is 5.91 Å². The number of nitrogens with two attached hydrogens (primary N) is 2. The third-order valence-electron chi connectivity index (χ3n) is 1.19. The molecule has 1 heterocycles. The number of nitrogens with one attached hydrogen (secondary N) is 1. The van der Waals surface area contributed by atoms with Crippen LogP contribution in [0.15, 0.2) is 18.3 Å². The molecule has 0 atom stereocenters. The summed E-state index contributed by atoms with van der Waals surface area (Å²) in [5, 5.41) is 0. The maximum absolute atomic E-state index is 10.9. The Hall–Kier alpha value is -1.62. The number of hydrogen-bond acceptors (Lipinski definition) is 4. The molecule has 0 saturated heterocycles. The van der Waals surface area contributed by atoms with E-state index in [1.807, 2.05) is 5.43 Å². The van der Waals surface area contributed by atoms with E-state index in [1.165, 1.54) is 6.20 Å². The van der Waals surface area contributed by atoms with E-state index in [-0.39, 0.29) is 5.69 Å². The molecule has 5 nitrogen and oxygen atoms in total. The van der Waals surface area contributed by atoms with Gasteiger partial charge >= 0.3 is 0 Å². The molecule has 0 aliphatic rings. The van der Waals surface area contributed by atoms with Crippen LogP contribution in [0.2, 0.25) is 0 Å². The highest BCUT2D eigenvalue weighted by Crippen LogP contribution is 2.05. The van der Waals surface area contributed by atoms with E-state index in [4.69, 9.17) is 11.6 Å². The number of rotatable bonds is 1. The summed E-state index contributed by atoms with van der Waals surface area (Å²) in [6.45, 7) is 0. The van der Waals surface area contributed by atoms with Gasteiger partial charge in [0.1, 0.15) is 0 Å². The number of carbonyl (C=O) groups is 1. The molecule has 0 bridgehead atoms. The van der Waals surface area contributed by atoms with Crippen LogP contribution >= 0.6 is 0 Å². The quantitative estimate of drug-likeness (QED) is 0.281. The molecule has 0 aromatic carbocycles. The average Bonchev–Trinajstić information content (AvgIpc) is 2.04. The van der Waals surface area contributed by atoms with Crippen LogP contribution in [0.25, 0.3) is 0 Å². The molecule has 0 aliphatic carbocycles. The molecule has 58 valence electrons. The van der Waals surface area contributed by atoms with Gasteiger partial charge in [0.05, 0.1) is 5.69 Å². The lowest BCUT2D eigenvalue weighted by Gasteiger charge is -2.00. The van der Waals surface area contributed by atoms with Crippen molar-refractivity contribution in [2.45, 2.75) is 0 Å². The van der Waals surface area contributed by atoms with Gasteiger partial charge in [-0.2, -0.15) is 0 Å². The van der Waals surface area contributed by atoms with Crippen molar-refractivity contribution in [3.05, 3.63) is 24.0 Å². The van der Waals surface area contributed by atoms with E-state index >= 15 is 0 Å². The first-order valence-corrected chi connectivity index (χ1v) is 2.97. The first kappa shape index (κ1) is 7.49. The number of aromatic nitrogens is 1. The summed E-state index contributed by atoms with van der Waals surface area (Å²) >= 11 is 0. The lowest BCUT2D eigenvalue weighted by atomic mass is 10.3. The van der Waals surface area contributed by atoms with Gasteiger partial charge in [0.2, 0.25) is 0 Å². The second kappa shape index (κ2) is 2.98. The molecule has 5 heteroatoms. The molecule has 1 rings (SSSR count). The van der Waals surface area contributed by atoms with Crippen molar-refractivity contribution in [2.75, 3.05) is 5.73 Å². The summed E-state index contributed by atoms with van der Waals surface area (Å²) in [6.07, 6.45) is 1.47. The molecule has 11 heavy (non-hydrogen) atoms. The zero-order valence-electron chi connectivity index (χ0n) is 5.74. The first-order valence-electron chi connectivity index (χ1n) is 2.97. The van der Waals surface area contributed by atoms with E-state index in [9.17, 15) is 4.79 Å². The van der Waals surface area contributed by atoms with Crippen molar-refractivity contribution in [3.8, 4) is 0 Å². The number of anilines is 1. The third kappa shape index (κ3) is 1.44. The van der Waals surface area contributed by atoms with Crippen LogP contribution in [0.3, 0.4) is 0 Å². The molecule has 0 unspecified atom stereocenters. The average molecular weight is 152 g/mol. The Bertz CT molecular complexity index is 273. The topological polar surface area (TPSA) is 94.0 Å². The van der Waals surface area contributed by atoms with Crippen molar-refractivity contribution < 1.29 is 4.79 Å². The predicted molar refractivity (Wildman–Crippen MR) is 40.3 cm³/mol. The van der Waals surface area contributed by atoms with Crippen LogP contribution in [0.1, 0.15) is 10.5 Å². The number of pyridine rings is 1. The van der Waals surface area contributed by atoms with Crippen LogP contribution in [-0.4, -0.2) is 10.9 Å². The Kier molecular flexibility index (Phi) is 2.03. The molecule has 0 spiro atoms. The molecule has 1 aromatic heterocycles. The number of amides is 1. The molecule has 1 aromatic rings. The lowest BCUT2D eigenvalue weighted by molar-refractivity contribution is 0.0949. The van der Waals surface area contributed by atoms with E-state index in [0.29, 0.717) is 5.69 Å². The Labute approximate surface area is 63.4 Å². The fourth-order valence-corrected chi connectivity index (χ4v) is 0.676. The SMILES string of the molecule is NNC(=O)c1ncccc1N. The van der Waals surface area contributed by atoms with Crippen molar-refractivity contribution in [3.63, 3.8) is 0 Å².